The van der Waals surface area contributed by atoms with Gasteiger partial charge >= 0.3 is 11.9 Å². The topological polar surface area (TPSA) is 162 Å². The lowest BCUT2D eigenvalue weighted by molar-refractivity contribution is -0.224. The van der Waals surface area contributed by atoms with E-state index in [0.29, 0.717) is 24.0 Å². The molecular weight excluding hydrogens is 857 g/mol. The fraction of sp³-hybridized carbons (Fsp3) is 0.636. The van der Waals surface area contributed by atoms with E-state index in [9.17, 15) is 24.3 Å². The maximum Gasteiger partial charge on any atom is 0.327 e. The highest BCUT2D eigenvalue weighted by molar-refractivity contribution is 14.1. The number of hydrogen-bond acceptors (Lipinski definition) is 11. The van der Waals surface area contributed by atoms with E-state index in [-0.39, 0.29) is 44.9 Å². The molecule has 1 aliphatic carbocycles. The predicted octanol–water partition coefficient (Wildman–Crippen LogP) is 6.26. The van der Waals surface area contributed by atoms with Crippen LogP contribution >= 0.6 is 22.6 Å². The number of fused-ring (bicyclic) bond motifs is 4. The van der Waals surface area contributed by atoms with Crippen molar-refractivity contribution in [1.29, 1.82) is 0 Å². The van der Waals surface area contributed by atoms with Gasteiger partial charge in [0.15, 0.2) is 11.8 Å². The summed E-state index contributed by atoms with van der Waals surface area (Å²) in [4.78, 5) is 61.4. The van der Waals surface area contributed by atoms with Crippen molar-refractivity contribution in [2.75, 3.05) is 6.61 Å². The summed E-state index contributed by atoms with van der Waals surface area (Å²) in [6, 6.07) is 13.0. The van der Waals surface area contributed by atoms with Crippen LogP contribution in [0.1, 0.15) is 127 Å². The van der Waals surface area contributed by atoms with Gasteiger partial charge in [0.05, 0.1) is 19.2 Å². The predicted molar refractivity (Wildman–Crippen MR) is 223 cm³/mol. The first-order chi connectivity index (χ1) is 27.7. The summed E-state index contributed by atoms with van der Waals surface area (Å²) in [5.74, 6) is -2.59. The van der Waals surface area contributed by atoms with Gasteiger partial charge in [0, 0.05) is 41.4 Å². The van der Waals surface area contributed by atoms with Gasteiger partial charge in [0.2, 0.25) is 5.91 Å². The Bertz CT molecular complexity index is 1780. The number of nitrogens with one attached hydrogen (secondary N) is 2. The lowest BCUT2D eigenvalue weighted by Crippen LogP contribution is -2.69. The van der Waals surface area contributed by atoms with Crippen molar-refractivity contribution in [3.05, 3.63) is 68.8 Å². The van der Waals surface area contributed by atoms with Crippen LogP contribution in [0.5, 0.6) is 0 Å². The van der Waals surface area contributed by atoms with Gasteiger partial charge in [-0.15, -0.1) is 0 Å². The minimum atomic E-state index is -1.34. The first-order valence-corrected chi connectivity index (χ1v) is 22.0. The second-order valence-corrected chi connectivity index (χ2v) is 18.3. The highest BCUT2D eigenvalue weighted by atomic mass is 127. The third kappa shape index (κ3) is 9.89. The Morgan fingerprint density at radius 3 is 2.38 bits per heavy atom. The standard InChI is InChI=1S/C44H60IN3O10/c1-6-8-12-21-43(22-13-9-7-2)56-35-33-24-44(37(40(52)54-33)48(58-38(44)36(35)57-43)26-30-16-10-11-18-32(30)45)41(53)46-25-28-15-14-17-29(23-28)39(51)47-31(27-49)19-20-34(50)55-42(3,4)5/h10-11,14-18,23,31,33,35-38,49H,6-9,12-13,19-22,24-27H2,1-5H3,(H,46,53)(H,47,51)/t31-,33+,35-,36-,37-,38+,44-/m0/s1. The molecule has 3 aliphatic heterocycles. The number of esters is 2. The number of ether oxygens (including phenoxy) is 4. The lowest BCUT2D eigenvalue weighted by atomic mass is 9.62. The van der Waals surface area contributed by atoms with E-state index in [0.717, 1.165) is 47.7 Å². The number of carbonyl (C=O) groups excluding carboxylic acids is 4. The van der Waals surface area contributed by atoms with Gasteiger partial charge < -0.3 is 34.7 Å². The largest absolute Gasteiger partial charge is 0.460 e. The second-order valence-electron chi connectivity index (χ2n) is 17.2. The summed E-state index contributed by atoms with van der Waals surface area (Å²) < 4.78 is 26.4. The number of carbonyl (C=O) groups is 4. The number of amides is 2. The van der Waals surface area contributed by atoms with Gasteiger partial charge in [0.25, 0.3) is 5.91 Å². The van der Waals surface area contributed by atoms with Crippen LogP contribution in [0, 0.1) is 8.99 Å². The molecule has 13 nitrogen and oxygen atoms in total. The van der Waals surface area contributed by atoms with Gasteiger partial charge in [-0.1, -0.05) is 69.9 Å². The summed E-state index contributed by atoms with van der Waals surface area (Å²) in [5.41, 5.74) is -0.0422. The Morgan fingerprint density at radius 2 is 1.71 bits per heavy atom. The van der Waals surface area contributed by atoms with Crippen LogP contribution in [-0.4, -0.2) is 88.4 Å². The van der Waals surface area contributed by atoms with E-state index >= 15 is 0 Å². The number of unbranched alkanes of at least 4 members (excludes halogenated alkanes) is 4. The van der Waals surface area contributed by atoms with Crippen molar-refractivity contribution in [2.24, 2.45) is 5.41 Å². The number of hydrogen-bond donors (Lipinski definition) is 3. The zero-order chi connectivity index (χ0) is 41.7. The second kappa shape index (κ2) is 19.1. The molecule has 2 bridgehead atoms. The Kier molecular flexibility index (Phi) is 14.6. The Labute approximate surface area is 355 Å². The molecule has 4 fully saturated rings. The van der Waals surface area contributed by atoms with Crippen LogP contribution in [0.3, 0.4) is 0 Å². The molecule has 58 heavy (non-hydrogen) atoms. The fourth-order valence-electron chi connectivity index (χ4n) is 8.82. The summed E-state index contributed by atoms with van der Waals surface area (Å²) >= 11 is 2.26. The maximum atomic E-state index is 14.9. The quantitative estimate of drug-likeness (QED) is 0.0829. The Balaban J connectivity index is 1.22. The van der Waals surface area contributed by atoms with Crippen LogP contribution < -0.4 is 10.6 Å². The van der Waals surface area contributed by atoms with Crippen molar-refractivity contribution < 1.29 is 48.1 Å². The van der Waals surface area contributed by atoms with E-state index in [1.807, 2.05) is 24.3 Å². The average Bonchev–Trinajstić information content (AvgIpc) is 3.74. The number of halogens is 1. The van der Waals surface area contributed by atoms with Crippen molar-refractivity contribution in [3.8, 4) is 0 Å². The first-order valence-electron chi connectivity index (χ1n) is 21.0. The van der Waals surface area contributed by atoms with Crippen molar-refractivity contribution in [2.45, 2.75) is 166 Å². The Hall–Kier alpha value is -3.15. The molecule has 3 saturated heterocycles. The summed E-state index contributed by atoms with van der Waals surface area (Å²) in [7, 11) is 0. The molecule has 3 N–H and O–H groups in total. The molecule has 0 spiro atoms. The molecule has 318 valence electrons. The first kappa shape index (κ1) is 44.4. The molecule has 2 aromatic rings. The molecule has 4 aliphatic rings. The van der Waals surface area contributed by atoms with Crippen LogP contribution in [0.2, 0.25) is 0 Å². The molecule has 0 aromatic heterocycles. The fourth-order valence-corrected chi connectivity index (χ4v) is 9.38. The lowest BCUT2D eigenvalue weighted by Gasteiger charge is -2.48. The van der Waals surface area contributed by atoms with E-state index < -0.39 is 71.1 Å². The molecule has 6 rings (SSSR count). The molecule has 7 atom stereocenters. The SMILES string of the molecule is CCCCCC1(CCCCC)O[C@@H]2[C@H](O1)[C@H]1ON(Cc3ccccc3I)[C@H]3C(=O)O[C@@H]2C[C@@]13C(=O)NCc1cccc(C(=O)N[C@H](CO)CCC(=O)OC(C)(C)C)c1. The third-order valence-corrected chi connectivity index (χ3v) is 12.6. The van der Waals surface area contributed by atoms with Crippen LogP contribution in [0.25, 0.3) is 0 Å². The van der Waals surface area contributed by atoms with Gasteiger partial charge in [-0.05, 0) is 92.0 Å². The van der Waals surface area contributed by atoms with Crippen LogP contribution in [0.4, 0.5) is 0 Å². The minimum absolute atomic E-state index is 0.0379. The smallest absolute Gasteiger partial charge is 0.327 e. The monoisotopic (exact) mass is 917 g/mol. The number of aliphatic hydroxyl groups is 1. The highest BCUT2D eigenvalue weighted by Gasteiger charge is 2.76. The number of hydroxylamine groups is 2. The normalized spacial score (nSPS) is 26.4. The number of aliphatic hydroxyl groups excluding tert-OH is 1. The third-order valence-electron chi connectivity index (χ3n) is 11.6. The van der Waals surface area contributed by atoms with E-state index in [4.69, 9.17) is 23.8 Å². The minimum Gasteiger partial charge on any atom is -0.460 e. The number of benzene rings is 2. The van der Waals surface area contributed by atoms with E-state index in [1.165, 1.54) is 0 Å². The molecular formula is C44H60IN3O10. The zero-order valence-electron chi connectivity index (χ0n) is 34.4. The van der Waals surface area contributed by atoms with Gasteiger partial charge in [-0.3, -0.25) is 24.0 Å². The summed E-state index contributed by atoms with van der Waals surface area (Å²) in [6.45, 7) is 9.64. The van der Waals surface area contributed by atoms with Crippen LogP contribution in [0.15, 0.2) is 48.5 Å². The highest BCUT2D eigenvalue weighted by Crippen LogP contribution is 2.58. The molecule has 0 unspecified atom stereocenters. The summed E-state index contributed by atoms with van der Waals surface area (Å²) in [5, 5.41) is 17.5. The van der Waals surface area contributed by atoms with E-state index in [1.54, 1.807) is 50.1 Å². The molecule has 2 amide bonds. The summed E-state index contributed by atoms with van der Waals surface area (Å²) in [6.07, 6.45) is 5.13. The maximum absolute atomic E-state index is 14.9. The zero-order valence-corrected chi connectivity index (χ0v) is 36.6. The average molecular weight is 918 g/mol. The molecule has 1 saturated carbocycles. The van der Waals surface area contributed by atoms with E-state index in [2.05, 4.69) is 47.1 Å². The van der Waals surface area contributed by atoms with Gasteiger partial charge in [0.1, 0.15) is 35.4 Å². The molecule has 3 heterocycles. The molecule has 2 aromatic carbocycles. The van der Waals surface area contributed by atoms with Crippen LogP contribution in [-0.2, 0) is 51.3 Å². The molecule has 0 radical (unpaired) electrons. The molecule has 14 heteroatoms. The van der Waals surface area contributed by atoms with Gasteiger partial charge in [-0.25, -0.2) is 0 Å². The van der Waals surface area contributed by atoms with Crippen molar-refractivity contribution in [3.63, 3.8) is 0 Å². The number of nitrogens with zero attached hydrogens (tertiary/aromatic N) is 1. The van der Waals surface area contributed by atoms with Crippen molar-refractivity contribution in [1.82, 2.24) is 15.7 Å². The number of rotatable bonds is 19. The Morgan fingerprint density at radius 1 is 1.00 bits per heavy atom. The van der Waals surface area contributed by atoms with Gasteiger partial charge in [-0.2, -0.15) is 5.06 Å². The van der Waals surface area contributed by atoms with Crippen molar-refractivity contribution >= 4 is 46.3 Å².